The number of amides is 1. The fraction of sp³-hybridized carbons (Fsp3) is 0.167. The Hall–Kier alpha value is -3.61. The van der Waals surface area contributed by atoms with Crippen molar-refractivity contribution in [1.82, 2.24) is 0 Å². The van der Waals surface area contributed by atoms with Gasteiger partial charge in [0.1, 0.15) is 5.92 Å². The predicted octanol–water partition coefficient (Wildman–Crippen LogP) is 5.41. The first-order valence-electron chi connectivity index (χ1n) is 9.54. The van der Waals surface area contributed by atoms with E-state index >= 15 is 0 Å². The van der Waals surface area contributed by atoms with Crippen molar-refractivity contribution < 1.29 is 27.5 Å². The molecule has 3 aromatic rings. The Morgan fingerprint density at radius 2 is 1.39 bits per heavy atom. The molecule has 0 saturated heterocycles. The predicted molar refractivity (Wildman–Crippen MR) is 110 cm³/mol. The lowest BCUT2D eigenvalue weighted by Gasteiger charge is -2.20. The van der Waals surface area contributed by atoms with Crippen molar-refractivity contribution in [3.8, 4) is 0 Å². The molecule has 0 fully saturated rings. The number of halogens is 3. The van der Waals surface area contributed by atoms with E-state index in [1.54, 1.807) is 48.5 Å². The molecule has 0 aliphatic rings. The number of nitrogens with one attached hydrogen (secondary N) is 1. The average Bonchev–Trinajstić information content (AvgIpc) is 2.75. The maximum Gasteiger partial charge on any atom is 0.416 e. The highest BCUT2D eigenvalue weighted by Crippen LogP contribution is 2.31. The first-order chi connectivity index (χ1) is 14.8. The van der Waals surface area contributed by atoms with E-state index in [9.17, 15) is 22.8 Å². The standard InChI is InChI=1S/C24H20F3NO3/c1-16(22(29)28-20-14-8-13-19(15-20)24(25,26)27)31-23(30)21(17-9-4-2-5-10-17)18-11-6-3-7-12-18/h2-16,21H,1H3,(H,28,29). The Bertz CT molecular complexity index is 997. The summed E-state index contributed by atoms with van der Waals surface area (Å²) < 4.78 is 44.0. The van der Waals surface area contributed by atoms with Gasteiger partial charge in [0, 0.05) is 5.69 Å². The van der Waals surface area contributed by atoms with E-state index in [2.05, 4.69) is 5.32 Å². The van der Waals surface area contributed by atoms with E-state index < -0.39 is 35.6 Å². The Kier molecular flexibility index (Phi) is 6.74. The fourth-order valence-corrected chi connectivity index (χ4v) is 3.07. The molecule has 4 nitrogen and oxygen atoms in total. The summed E-state index contributed by atoms with van der Waals surface area (Å²) in [6.07, 6.45) is -5.74. The summed E-state index contributed by atoms with van der Waals surface area (Å²) in [5, 5.41) is 2.36. The lowest BCUT2D eigenvalue weighted by atomic mass is 9.91. The lowest BCUT2D eigenvalue weighted by Crippen LogP contribution is -2.32. The number of alkyl halides is 3. The number of hydrogen-bond donors (Lipinski definition) is 1. The minimum absolute atomic E-state index is 0.0367. The third-order valence-electron chi connectivity index (χ3n) is 4.62. The maximum atomic E-state index is 12.9. The Morgan fingerprint density at radius 1 is 0.839 bits per heavy atom. The van der Waals surface area contributed by atoms with Crippen LogP contribution in [-0.4, -0.2) is 18.0 Å². The lowest BCUT2D eigenvalue weighted by molar-refractivity contribution is -0.153. The fourth-order valence-electron chi connectivity index (χ4n) is 3.07. The number of anilines is 1. The van der Waals surface area contributed by atoms with Crippen molar-refractivity contribution in [3.63, 3.8) is 0 Å². The second-order valence-electron chi connectivity index (χ2n) is 6.90. The summed E-state index contributed by atoms with van der Waals surface area (Å²) >= 11 is 0. The molecule has 1 amide bonds. The summed E-state index contributed by atoms with van der Waals surface area (Å²) in [4.78, 5) is 25.4. The van der Waals surface area contributed by atoms with Gasteiger partial charge in [-0.15, -0.1) is 0 Å². The van der Waals surface area contributed by atoms with E-state index in [0.717, 1.165) is 12.1 Å². The number of carbonyl (C=O) groups is 2. The largest absolute Gasteiger partial charge is 0.452 e. The van der Waals surface area contributed by atoms with Crippen molar-refractivity contribution in [2.45, 2.75) is 25.1 Å². The van der Waals surface area contributed by atoms with Gasteiger partial charge in [-0.25, -0.2) is 0 Å². The first-order valence-corrected chi connectivity index (χ1v) is 9.54. The maximum absolute atomic E-state index is 12.9. The third kappa shape index (κ3) is 5.72. The molecule has 7 heteroatoms. The molecule has 0 radical (unpaired) electrons. The van der Waals surface area contributed by atoms with Gasteiger partial charge in [-0.1, -0.05) is 66.7 Å². The highest BCUT2D eigenvalue weighted by molar-refractivity contribution is 5.95. The minimum Gasteiger partial charge on any atom is -0.452 e. The average molecular weight is 427 g/mol. The molecule has 0 aliphatic carbocycles. The highest BCUT2D eigenvalue weighted by atomic mass is 19.4. The van der Waals surface area contributed by atoms with E-state index in [1.807, 2.05) is 12.1 Å². The number of esters is 1. The van der Waals surface area contributed by atoms with Gasteiger partial charge in [0.15, 0.2) is 6.10 Å². The first kappa shape index (κ1) is 22.1. The second kappa shape index (κ2) is 9.47. The van der Waals surface area contributed by atoms with Gasteiger partial charge >= 0.3 is 12.1 Å². The van der Waals surface area contributed by atoms with Crippen LogP contribution in [-0.2, 0) is 20.5 Å². The van der Waals surface area contributed by atoms with Gasteiger partial charge in [-0.2, -0.15) is 13.2 Å². The molecule has 0 spiro atoms. The van der Waals surface area contributed by atoms with Crippen LogP contribution in [0.1, 0.15) is 29.5 Å². The summed E-state index contributed by atoms with van der Waals surface area (Å²) in [6.45, 7) is 1.37. The smallest absolute Gasteiger partial charge is 0.416 e. The number of benzene rings is 3. The van der Waals surface area contributed by atoms with Crippen LogP contribution in [0.25, 0.3) is 0 Å². The third-order valence-corrected chi connectivity index (χ3v) is 4.62. The normalized spacial score (nSPS) is 12.3. The molecule has 0 heterocycles. The van der Waals surface area contributed by atoms with Crippen LogP contribution in [0.4, 0.5) is 18.9 Å². The molecule has 0 saturated carbocycles. The van der Waals surface area contributed by atoms with Crippen LogP contribution in [0.3, 0.4) is 0 Å². The molecule has 1 unspecified atom stereocenters. The monoisotopic (exact) mass is 427 g/mol. The Labute approximate surface area is 177 Å². The van der Waals surface area contributed by atoms with Gasteiger partial charge < -0.3 is 10.1 Å². The van der Waals surface area contributed by atoms with Crippen LogP contribution >= 0.6 is 0 Å². The molecular formula is C24H20F3NO3. The number of carbonyl (C=O) groups excluding carboxylic acids is 2. The number of rotatable bonds is 6. The van der Waals surface area contributed by atoms with Crippen molar-refractivity contribution in [3.05, 3.63) is 102 Å². The SMILES string of the molecule is CC(OC(=O)C(c1ccccc1)c1ccccc1)C(=O)Nc1cccc(C(F)(F)F)c1. The molecule has 0 aromatic heterocycles. The molecule has 3 rings (SSSR count). The zero-order valence-corrected chi connectivity index (χ0v) is 16.6. The van der Waals surface area contributed by atoms with E-state index in [1.165, 1.54) is 19.1 Å². The summed E-state index contributed by atoms with van der Waals surface area (Å²) in [5.74, 6) is -2.11. The number of ether oxygens (including phenoxy) is 1. The molecular weight excluding hydrogens is 407 g/mol. The van der Waals surface area contributed by atoms with Crippen LogP contribution in [0.5, 0.6) is 0 Å². The van der Waals surface area contributed by atoms with Gasteiger partial charge in [-0.3, -0.25) is 9.59 Å². The van der Waals surface area contributed by atoms with Crippen molar-refractivity contribution in [2.24, 2.45) is 0 Å². The van der Waals surface area contributed by atoms with E-state index in [4.69, 9.17) is 4.74 Å². The van der Waals surface area contributed by atoms with Crippen LogP contribution in [0.2, 0.25) is 0 Å². The van der Waals surface area contributed by atoms with E-state index in [-0.39, 0.29) is 5.69 Å². The number of hydrogen-bond acceptors (Lipinski definition) is 3. The Balaban J connectivity index is 1.74. The second-order valence-corrected chi connectivity index (χ2v) is 6.90. The van der Waals surface area contributed by atoms with Crippen molar-refractivity contribution in [1.29, 1.82) is 0 Å². The molecule has 1 N–H and O–H groups in total. The molecule has 0 aliphatic heterocycles. The molecule has 160 valence electrons. The summed E-state index contributed by atoms with van der Waals surface area (Å²) in [5.41, 5.74) is 0.474. The van der Waals surface area contributed by atoms with Gasteiger partial charge in [0.25, 0.3) is 5.91 Å². The Morgan fingerprint density at radius 3 is 1.90 bits per heavy atom. The van der Waals surface area contributed by atoms with Crippen LogP contribution in [0, 0.1) is 0 Å². The summed E-state index contributed by atoms with van der Waals surface area (Å²) in [6, 6.07) is 22.2. The summed E-state index contributed by atoms with van der Waals surface area (Å²) in [7, 11) is 0. The zero-order valence-electron chi connectivity index (χ0n) is 16.6. The van der Waals surface area contributed by atoms with Crippen LogP contribution in [0.15, 0.2) is 84.9 Å². The topological polar surface area (TPSA) is 55.4 Å². The van der Waals surface area contributed by atoms with Gasteiger partial charge in [-0.05, 0) is 36.2 Å². The van der Waals surface area contributed by atoms with Gasteiger partial charge in [0.05, 0.1) is 5.56 Å². The zero-order chi connectivity index (χ0) is 22.4. The van der Waals surface area contributed by atoms with E-state index in [0.29, 0.717) is 11.1 Å². The highest BCUT2D eigenvalue weighted by Gasteiger charge is 2.31. The van der Waals surface area contributed by atoms with Crippen molar-refractivity contribution in [2.75, 3.05) is 5.32 Å². The van der Waals surface area contributed by atoms with Crippen molar-refractivity contribution >= 4 is 17.6 Å². The van der Waals surface area contributed by atoms with Crippen LogP contribution < -0.4 is 5.32 Å². The molecule has 0 bridgehead atoms. The molecule has 1 atom stereocenters. The minimum atomic E-state index is -4.53. The van der Waals surface area contributed by atoms with Gasteiger partial charge in [0.2, 0.25) is 0 Å². The quantitative estimate of drug-likeness (QED) is 0.536. The molecule has 3 aromatic carbocycles. The molecule has 31 heavy (non-hydrogen) atoms.